The van der Waals surface area contributed by atoms with Crippen LogP contribution in [0.5, 0.6) is 0 Å². The predicted molar refractivity (Wildman–Crippen MR) is 79.3 cm³/mol. The zero-order chi connectivity index (χ0) is 14.4. The molecule has 0 aliphatic carbocycles. The number of hydrogen-bond donors (Lipinski definition) is 2. The largest absolute Gasteiger partial charge is 0.395 e. The third-order valence-electron chi connectivity index (χ3n) is 3.36. The summed E-state index contributed by atoms with van der Waals surface area (Å²) in [5, 5.41) is 13.0. The van der Waals surface area contributed by atoms with Gasteiger partial charge in [0.25, 0.3) is 0 Å². The Morgan fingerprint density at radius 2 is 1.85 bits per heavy atom. The van der Waals surface area contributed by atoms with Crippen LogP contribution in [0.2, 0.25) is 0 Å². The first-order chi connectivity index (χ1) is 9.70. The van der Waals surface area contributed by atoms with Crippen molar-refractivity contribution in [2.75, 3.05) is 6.61 Å². The van der Waals surface area contributed by atoms with Gasteiger partial charge in [0.05, 0.1) is 18.0 Å². The van der Waals surface area contributed by atoms with Crippen LogP contribution in [0.3, 0.4) is 0 Å². The number of aliphatic hydroxyl groups excluding tert-OH is 1. The summed E-state index contributed by atoms with van der Waals surface area (Å²) in [6.07, 6.45) is 4.19. The van der Waals surface area contributed by atoms with E-state index in [9.17, 15) is 5.11 Å². The Hall–Kier alpha value is -1.78. The van der Waals surface area contributed by atoms with E-state index in [4.69, 9.17) is 0 Å². The van der Waals surface area contributed by atoms with Crippen LogP contribution >= 0.6 is 0 Å². The molecular weight excluding hydrogens is 250 g/mol. The Morgan fingerprint density at radius 3 is 2.50 bits per heavy atom. The summed E-state index contributed by atoms with van der Waals surface area (Å²) < 4.78 is 0. The first-order valence-corrected chi connectivity index (χ1v) is 6.89. The fourth-order valence-electron chi connectivity index (χ4n) is 2.35. The molecule has 2 N–H and O–H groups in total. The SMILES string of the molecule is Cc1nccnc1C(C)N[C@@H](CO)Cc1ccccc1. The van der Waals surface area contributed by atoms with Crippen LogP contribution in [0.15, 0.2) is 42.7 Å². The molecule has 1 aromatic heterocycles. The Labute approximate surface area is 119 Å². The molecular formula is C16H21N3O. The van der Waals surface area contributed by atoms with Gasteiger partial charge in [-0.3, -0.25) is 9.97 Å². The van der Waals surface area contributed by atoms with Gasteiger partial charge in [-0.15, -0.1) is 0 Å². The molecule has 0 saturated heterocycles. The van der Waals surface area contributed by atoms with E-state index in [2.05, 4.69) is 27.4 Å². The maximum atomic E-state index is 9.55. The monoisotopic (exact) mass is 271 g/mol. The van der Waals surface area contributed by atoms with Gasteiger partial charge in [-0.05, 0) is 25.8 Å². The van der Waals surface area contributed by atoms with Crippen molar-refractivity contribution in [3.63, 3.8) is 0 Å². The minimum absolute atomic E-state index is 0.00815. The molecule has 0 aliphatic rings. The topological polar surface area (TPSA) is 58.0 Å². The number of benzene rings is 1. The Balaban J connectivity index is 2.01. The van der Waals surface area contributed by atoms with Crippen molar-refractivity contribution < 1.29 is 5.11 Å². The summed E-state index contributed by atoms with van der Waals surface area (Å²) >= 11 is 0. The van der Waals surface area contributed by atoms with Crippen LogP contribution in [-0.4, -0.2) is 27.7 Å². The molecule has 0 spiro atoms. The van der Waals surface area contributed by atoms with E-state index >= 15 is 0 Å². The van der Waals surface area contributed by atoms with Crippen molar-refractivity contribution in [1.29, 1.82) is 0 Å². The molecule has 4 nitrogen and oxygen atoms in total. The molecule has 20 heavy (non-hydrogen) atoms. The van der Waals surface area contributed by atoms with E-state index in [-0.39, 0.29) is 18.7 Å². The van der Waals surface area contributed by atoms with Gasteiger partial charge in [-0.25, -0.2) is 0 Å². The van der Waals surface area contributed by atoms with E-state index < -0.39 is 0 Å². The van der Waals surface area contributed by atoms with Crippen molar-refractivity contribution >= 4 is 0 Å². The van der Waals surface area contributed by atoms with Gasteiger partial charge in [0.15, 0.2) is 0 Å². The first-order valence-electron chi connectivity index (χ1n) is 6.89. The number of nitrogens with zero attached hydrogens (tertiary/aromatic N) is 2. The molecule has 0 aliphatic heterocycles. The molecule has 4 heteroatoms. The third kappa shape index (κ3) is 3.85. The highest BCUT2D eigenvalue weighted by molar-refractivity contribution is 5.17. The maximum Gasteiger partial charge on any atom is 0.0782 e. The lowest BCUT2D eigenvalue weighted by Gasteiger charge is -2.22. The highest BCUT2D eigenvalue weighted by Crippen LogP contribution is 2.14. The third-order valence-corrected chi connectivity index (χ3v) is 3.36. The van der Waals surface area contributed by atoms with Crippen LogP contribution in [0, 0.1) is 6.92 Å². The fourth-order valence-corrected chi connectivity index (χ4v) is 2.35. The summed E-state index contributed by atoms with van der Waals surface area (Å²) in [4.78, 5) is 8.62. The molecule has 0 radical (unpaired) electrons. The van der Waals surface area contributed by atoms with Gasteiger partial charge in [0.2, 0.25) is 0 Å². The second kappa shape index (κ2) is 7.12. The van der Waals surface area contributed by atoms with Crippen molar-refractivity contribution in [1.82, 2.24) is 15.3 Å². The molecule has 1 heterocycles. The number of rotatable bonds is 6. The zero-order valence-electron chi connectivity index (χ0n) is 12.0. The smallest absolute Gasteiger partial charge is 0.0782 e. The molecule has 106 valence electrons. The van der Waals surface area contributed by atoms with Crippen LogP contribution in [-0.2, 0) is 6.42 Å². The van der Waals surface area contributed by atoms with Gasteiger partial charge in [-0.2, -0.15) is 0 Å². The summed E-state index contributed by atoms with van der Waals surface area (Å²) in [6, 6.07) is 10.2. The van der Waals surface area contributed by atoms with Crippen LogP contribution < -0.4 is 5.32 Å². The summed E-state index contributed by atoms with van der Waals surface area (Å²) in [6.45, 7) is 4.09. The predicted octanol–water partition coefficient (Wildman–Crippen LogP) is 2.04. The molecule has 0 amide bonds. The van der Waals surface area contributed by atoms with Gasteiger partial charge in [-0.1, -0.05) is 30.3 Å². The van der Waals surface area contributed by atoms with E-state index in [0.717, 1.165) is 17.8 Å². The number of hydrogen-bond acceptors (Lipinski definition) is 4. The Morgan fingerprint density at radius 1 is 1.15 bits per heavy atom. The lowest BCUT2D eigenvalue weighted by Crippen LogP contribution is -2.37. The second-order valence-electron chi connectivity index (χ2n) is 4.98. The van der Waals surface area contributed by atoms with Crippen molar-refractivity contribution in [2.45, 2.75) is 32.4 Å². The van der Waals surface area contributed by atoms with Crippen LogP contribution in [0.1, 0.15) is 29.9 Å². The average Bonchev–Trinajstić information content (AvgIpc) is 2.48. The fraction of sp³-hybridized carbons (Fsp3) is 0.375. The highest BCUT2D eigenvalue weighted by atomic mass is 16.3. The quantitative estimate of drug-likeness (QED) is 0.844. The normalized spacial score (nSPS) is 13.9. The maximum absolute atomic E-state index is 9.55. The summed E-state index contributed by atoms with van der Waals surface area (Å²) in [5.41, 5.74) is 3.06. The molecule has 2 aromatic rings. The van der Waals surface area contributed by atoms with E-state index in [0.29, 0.717) is 0 Å². The molecule has 1 aromatic carbocycles. The Kier molecular flexibility index (Phi) is 5.21. The van der Waals surface area contributed by atoms with Crippen molar-refractivity contribution in [3.05, 3.63) is 59.7 Å². The zero-order valence-corrected chi connectivity index (χ0v) is 12.0. The lowest BCUT2D eigenvalue weighted by molar-refractivity contribution is 0.232. The van der Waals surface area contributed by atoms with Gasteiger partial charge >= 0.3 is 0 Å². The molecule has 0 saturated carbocycles. The van der Waals surface area contributed by atoms with Crippen LogP contribution in [0.25, 0.3) is 0 Å². The summed E-state index contributed by atoms with van der Waals surface area (Å²) in [7, 11) is 0. The number of aryl methyl sites for hydroxylation is 1. The number of aromatic nitrogens is 2. The second-order valence-corrected chi connectivity index (χ2v) is 4.98. The minimum Gasteiger partial charge on any atom is -0.395 e. The Bertz CT molecular complexity index is 530. The first kappa shape index (κ1) is 14.6. The molecule has 0 fully saturated rings. The molecule has 2 rings (SSSR count). The lowest BCUT2D eigenvalue weighted by atomic mass is 10.0. The van der Waals surface area contributed by atoms with Gasteiger partial charge < -0.3 is 10.4 Å². The van der Waals surface area contributed by atoms with Gasteiger partial charge in [0.1, 0.15) is 0 Å². The standard InChI is InChI=1S/C16H21N3O/c1-12-16(18-9-8-17-12)13(2)19-15(11-20)10-14-6-4-3-5-7-14/h3-9,13,15,19-20H,10-11H2,1-2H3/t13?,15-/m1/s1. The van der Waals surface area contributed by atoms with E-state index in [1.165, 1.54) is 5.56 Å². The van der Waals surface area contributed by atoms with Crippen molar-refractivity contribution in [2.24, 2.45) is 0 Å². The molecule has 1 unspecified atom stereocenters. The molecule has 2 atom stereocenters. The average molecular weight is 271 g/mol. The summed E-state index contributed by atoms with van der Waals surface area (Å²) in [5.74, 6) is 0. The van der Waals surface area contributed by atoms with Crippen molar-refractivity contribution in [3.8, 4) is 0 Å². The van der Waals surface area contributed by atoms with E-state index in [1.54, 1.807) is 12.4 Å². The van der Waals surface area contributed by atoms with Gasteiger partial charge in [0, 0.05) is 24.5 Å². The number of nitrogens with one attached hydrogen (secondary N) is 1. The van der Waals surface area contributed by atoms with E-state index in [1.807, 2.05) is 32.0 Å². The molecule has 0 bridgehead atoms. The number of aliphatic hydroxyl groups is 1. The highest BCUT2D eigenvalue weighted by Gasteiger charge is 2.16. The van der Waals surface area contributed by atoms with Crippen LogP contribution in [0.4, 0.5) is 0 Å². The minimum atomic E-state index is 0.00815.